The van der Waals surface area contributed by atoms with Crippen LogP contribution in [0.5, 0.6) is 0 Å². The number of ether oxygens (including phenoxy) is 2. The first-order valence-corrected chi connectivity index (χ1v) is 6.53. The van der Waals surface area contributed by atoms with Crippen molar-refractivity contribution in [3.63, 3.8) is 0 Å². The molecule has 6 heteroatoms. The molecule has 1 atom stereocenters. The van der Waals surface area contributed by atoms with Crippen molar-refractivity contribution in [1.29, 1.82) is 0 Å². The van der Waals surface area contributed by atoms with Crippen LogP contribution in [0.4, 0.5) is 0 Å². The van der Waals surface area contributed by atoms with Crippen LogP contribution >= 0.6 is 0 Å². The molecule has 0 radical (unpaired) electrons. The summed E-state index contributed by atoms with van der Waals surface area (Å²) in [5.41, 5.74) is 0.853. The summed E-state index contributed by atoms with van der Waals surface area (Å²) in [6.07, 6.45) is 0.737. The second-order valence-corrected chi connectivity index (χ2v) is 4.49. The molecule has 21 heavy (non-hydrogen) atoms. The number of carbonyl (C=O) groups is 3. The summed E-state index contributed by atoms with van der Waals surface area (Å²) in [4.78, 5) is 35.2. The van der Waals surface area contributed by atoms with Gasteiger partial charge in [0.15, 0.2) is 0 Å². The maximum absolute atomic E-state index is 12.0. The molecule has 0 bridgehead atoms. The number of hydrogen-bond donors (Lipinski definition) is 0. The third-order valence-corrected chi connectivity index (χ3v) is 3.00. The van der Waals surface area contributed by atoms with E-state index in [0.29, 0.717) is 6.41 Å². The molecule has 1 aromatic rings. The number of likely N-dealkylation sites (N-methyl/N-ethyl adjacent to an activating group) is 1. The number of esters is 2. The summed E-state index contributed by atoms with van der Waals surface area (Å²) in [7, 11) is 2.74. The molecule has 0 fully saturated rings. The molecule has 0 aromatic heterocycles. The summed E-state index contributed by atoms with van der Waals surface area (Å²) in [5.74, 6) is -0.979. The minimum absolute atomic E-state index is 0.0415. The summed E-state index contributed by atoms with van der Waals surface area (Å²) >= 11 is 0. The van der Waals surface area contributed by atoms with Gasteiger partial charge in [-0.3, -0.25) is 9.59 Å². The van der Waals surface area contributed by atoms with Gasteiger partial charge in [-0.25, -0.2) is 4.79 Å². The van der Waals surface area contributed by atoms with Crippen molar-refractivity contribution in [1.82, 2.24) is 4.90 Å². The third kappa shape index (κ3) is 5.64. The van der Waals surface area contributed by atoms with E-state index in [1.807, 2.05) is 30.3 Å². The highest BCUT2D eigenvalue weighted by Gasteiger charge is 2.25. The van der Waals surface area contributed by atoms with Crippen molar-refractivity contribution in [2.24, 2.45) is 0 Å². The van der Waals surface area contributed by atoms with E-state index in [-0.39, 0.29) is 19.4 Å². The predicted molar refractivity (Wildman–Crippen MR) is 75.1 cm³/mol. The molecule has 0 spiro atoms. The Morgan fingerprint density at radius 2 is 1.95 bits per heavy atom. The molecule has 0 aliphatic heterocycles. The Morgan fingerprint density at radius 3 is 2.52 bits per heavy atom. The van der Waals surface area contributed by atoms with Gasteiger partial charge in [0.1, 0.15) is 12.6 Å². The Bertz CT molecular complexity index is 474. The molecule has 1 aromatic carbocycles. The van der Waals surface area contributed by atoms with Crippen LogP contribution in [-0.2, 0) is 30.5 Å². The third-order valence-electron chi connectivity index (χ3n) is 3.00. The van der Waals surface area contributed by atoms with Gasteiger partial charge >= 0.3 is 11.9 Å². The first-order valence-electron chi connectivity index (χ1n) is 6.53. The van der Waals surface area contributed by atoms with Gasteiger partial charge in [-0.1, -0.05) is 30.3 Å². The fourth-order valence-corrected chi connectivity index (χ4v) is 1.74. The average Bonchev–Trinajstić information content (AvgIpc) is 2.53. The molecule has 1 unspecified atom stereocenters. The van der Waals surface area contributed by atoms with Crippen LogP contribution in [0.25, 0.3) is 0 Å². The van der Waals surface area contributed by atoms with Crippen LogP contribution in [0.1, 0.15) is 18.4 Å². The lowest BCUT2D eigenvalue weighted by Gasteiger charge is -2.22. The molecule has 1 rings (SSSR count). The number of nitrogens with zero attached hydrogens (tertiary/aromatic N) is 1. The fourth-order valence-electron chi connectivity index (χ4n) is 1.74. The van der Waals surface area contributed by atoms with E-state index < -0.39 is 18.0 Å². The van der Waals surface area contributed by atoms with Gasteiger partial charge in [0.2, 0.25) is 6.41 Å². The zero-order valence-electron chi connectivity index (χ0n) is 12.2. The average molecular weight is 293 g/mol. The minimum atomic E-state index is -0.801. The van der Waals surface area contributed by atoms with E-state index in [0.717, 1.165) is 5.56 Å². The van der Waals surface area contributed by atoms with Crippen LogP contribution in [0, 0.1) is 0 Å². The molecule has 6 nitrogen and oxygen atoms in total. The van der Waals surface area contributed by atoms with Crippen molar-refractivity contribution in [2.45, 2.75) is 25.5 Å². The lowest BCUT2D eigenvalue weighted by Crippen LogP contribution is -2.39. The van der Waals surface area contributed by atoms with Crippen LogP contribution < -0.4 is 0 Å². The van der Waals surface area contributed by atoms with Crippen molar-refractivity contribution in [2.75, 3.05) is 14.2 Å². The quantitative estimate of drug-likeness (QED) is 0.531. The second kappa shape index (κ2) is 8.73. The van der Waals surface area contributed by atoms with Crippen LogP contribution in [-0.4, -0.2) is 43.4 Å². The normalized spacial score (nSPS) is 11.3. The highest BCUT2D eigenvalue weighted by molar-refractivity contribution is 5.79. The molecule has 0 saturated carbocycles. The molecule has 114 valence electrons. The maximum atomic E-state index is 12.0. The molecule has 0 aliphatic rings. The Kier molecular flexibility index (Phi) is 6.94. The Labute approximate surface area is 123 Å². The van der Waals surface area contributed by atoms with Gasteiger partial charge in [0.05, 0.1) is 7.11 Å². The van der Waals surface area contributed by atoms with Gasteiger partial charge in [0, 0.05) is 13.5 Å². The van der Waals surface area contributed by atoms with Crippen molar-refractivity contribution < 1.29 is 23.9 Å². The SMILES string of the molecule is COC(=O)CCC(C(=O)OCc1ccccc1)N(C)C=O. The fraction of sp³-hybridized carbons (Fsp3) is 0.400. The maximum Gasteiger partial charge on any atom is 0.329 e. The van der Waals surface area contributed by atoms with E-state index in [4.69, 9.17) is 4.74 Å². The minimum Gasteiger partial charge on any atom is -0.469 e. The summed E-state index contributed by atoms with van der Waals surface area (Å²) in [6.45, 7) is 0.126. The van der Waals surface area contributed by atoms with Gasteiger partial charge in [-0.05, 0) is 12.0 Å². The van der Waals surface area contributed by atoms with Gasteiger partial charge in [-0.15, -0.1) is 0 Å². The standard InChI is InChI=1S/C15H19NO5/c1-16(11-17)13(8-9-14(18)20-2)15(19)21-10-12-6-4-3-5-7-12/h3-7,11,13H,8-10H2,1-2H3. The highest BCUT2D eigenvalue weighted by Crippen LogP contribution is 2.09. The lowest BCUT2D eigenvalue weighted by atomic mass is 10.1. The van der Waals surface area contributed by atoms with Crippen molar-refractivity contribution in [3.05, 3.63) is 35.9 Å². The largest absolute Gasteiger partial charge is 0.469 e. The first-order chi connectivity index (χ1) is 10.1. The zero-order valence-corrected chi connectivity index (χ0v) is 12.2. The predicted octanol–water partition coefficient (Wildman–Crippen LogP) is 1.14. The van der Waals surface area contributed by atoms with E-state index in [1.54, 1.807) is 0 Å². The van der Waals surface area contributed by atoms with E-state index in [9.17, 15) is 14.4 Å². The number of carbonyl (C=O) groups excluding carboxylic acids is 3. The Morgan fingerprint density at radius 1 is 1.29 bits per heavy atom. The van der Waals surface area contributed by atoms with Crippen LogP contribution in [0.15, 0.2) is 30.3 Å². The molecule has 1 amide bonds. The molecule has 0 heterocycles. The second-order valence-electron chi connectivity index (χ2n) is 4.49. The van der Waals surface area contributed by atoms with E-state index >= 15 is 0 Å². The monoisotopic (exact) mass is 293 g/mol. The van der Waals surface area contributed by atoms with Crippen LogP contribution in [0.3, 0.4) is 0 Å². The van der Waals surface area contributed by atoms with E-state index in [2.05, 4.69) is 4.74 Å². The number of hydrogen-bond acceptors (Lipinski definition) is 5. The van der Waals surface area contributed by atoms with Gasteiger partial charge in [-0.2, -0.15) is 0 Å². The number of amides is 1. The summed E-state index contributed by atoms with van der Waals surface area (Å²) in [5, 5.41) is 0. The molecular weight excluding hydrogens is 274 g/mol. The smallest absolute Gasteiger partial charge is 0.329 e. The number of rotatable bonds is 8. The molecule has 0 aliphatic carbocycles. The van der Waals surface area contributed by atoms with Crippen molar-refractivity contribution in [3.8, 4) is 0 Å². The van der Waals surface area contributed by atoms with E-state index in [1.165, 1.54) is 19.1 Å². The first kappa shape index (κ1) is 16.7. The van der Waals surface area contributed by atoms with Crippen LogP contribution in [0.2, 0.25) is 0 Å². The van der Waals surface area contributed by atoms with Gasteiger partial charge in [0.25, 0.3) is 0 Å². The zero-order chi connectivity index (χ0) is 15.7. The van der Waals surface area contributed by atoms with Crippen molar-refractivity contribution >= 4 is 18.3 Å². The van der Waals surface area contributed by atoms with Gasteiger partial charge < -0.3 is 14.4 Å². The molecule has 0 saturated heterocycles. The molecule has 0 N–H and O–H groups in total. The Balaban J connectivity index is 2.58. The summed E-state index contributed by atoms with van der Waals surface area (Å²) < 4.78 is 9.71. The number of methoxy groups -OCH3 is 1. The Hall–Kier alpha value is -2.37. The lowest BCUT2D eigenvalue weighted by molar-refractivity contribution is -0.153. The number of benzene rings is 1. The molecular formula is C15H19NO5. The highest BCUT2D eigenvalue weighted by atomic mass is 16.5. The topological polar surface area (TPSA) is 72.9 Å². The summed E-state index contributed by atoms with van der Waals surface area (Å²) in [6, 6.07) is 8.42.